The number of nitrogens with zero attached hydrogens (tertiary/aromatic N) is 2. The minimum Gasteiger partial charge on any atom is -0.496 e. The first kappa shape index (κ1) is 21.7. The molecule has 2 aliphatic rings. The molecule has 0 N–H and O–H groups in total. The quantitative estimate of drug-likeness (QED) is 0.707. The summed E-state index contributed by atoms with van der Waals surface area (Å²) in [5.74, 6) is 2.06. The van der Waals surface area contributed by atoms with Gasteiger partial charge < -0.3 is 28.6 Å². The zero-order valence-corrected chi connectivity index (χ0v) is 18.0. The van der Waals surface area contributed by atoms with Crippen LogP contribution in [0.2, 0.25) is 0 Å². The summed E-state index contributed by atoms with van der Waals surface area (Å²) in [6, 6.07) is 3.90. The number of hydrogen-bond donors (Lipinski definition) is 0. The fourth-order valence-corrected chi connectivity index (χ4v) is 4.02. The van der Waals surface area contributed by atoms with Crippen LogP contribution in [0.5, 0.6) is 17.2 Å². The van der Waals surface area contributed by atoms with Gasteiger partial charge in [-0.3, -0.25) is 9.69 Å². The van der Waals surface area contributed by atoms with Crippen molar-refractivity contribution >= 4 is 5.91 Å². The van der Waals surface area contributed by atoms with Gasteiger partial charge in [-0.05, 0) is 19.9 Å². The molecule has 8 nitrogen and oxygen atoms in total. The van der Waals surface area contributed by atoms with Gasteiger partial charge in [0.2, 0.25) is 5.91 Å². The third-order valence-corrected chi connectivity index (χ3v) is 5.50. The van der Waals surface area contributed by atoms with Crippen molar-refractivity contribution in [1.82, 2.24) is 9.80 Å². The zero-order chi connectivity index (χ0) is 21.0. The molecule has 2 fully saturated rings. The highest BCUT2D eigenvalue weighted by Gasteiger charge is 2.42. The predicted octanol–water partition coefficient (Wildman–Crippen LogP) is 1.55. The highest BCUT2D eigenvalue weighted by atomic mass is 16.6. The lowest BCUT2D eigenvalue weighted by atomic mass is 10.00. The lowest BCUT2D eigenvalue weighted by Crippen LogP contribution is -2.59. The van der Waals surface area contributed by atoms with Gasteiger partial charge in [0.05, 0.1) is 41.1 Å². The van der Waals surface area contributed by atoms with Crippen LogP contribution in [0.25, 0.3) is 0 Å². The maximum atomic E-state index is 12.4. The summed E-state index contributed by atoms with van der Waals surface area (Å²) in [7, 11) is 4.88. The first-order valence-corrected chi connectivity index (χ1v) is 9.94. The van der Waals surface area contributed by atoms with Gasteiger partial charge in [-0.25, -0.2) is 0 Å². The number of amides is 1. The minimum absolute atomic E-state index is 0.0131. The largest absolute Gasteiger partial charge is 0.496 e. The van der Waals surface area contributed by atoms with E-state index in [4.69, 9.17) is 23.7 Å². The Balaban J connectivity index is 1.80. The van der Waals surface area contributed by atoms with E-state index < -0.39 is 5.60 Å². The first-order chi connectivity index (χ1) is 13.9. The Morgan fingerprint density at radius 3 is 2.41 bits per heavy atom. The van der Waals surface area contributed by atoms with Gasteiger partial charge in [0.1, 0.15) is 18.0 Å². The Morgan fingerprint density at radius 2 is 1.76 bits per heavy atom. The number of methoxy groups -OCH3 is 3. The summed E-state index contributed by atoms with van der Waals surface area (Å²) < 4.78 is 28.3. The molecule has 1 aromatic carbocycles. The molecule has 2 saturated heterocycles. The molecule has 8 heteroatoms. The highest BCUT2D eigenvalue weighted by Crippen LogP contribution is 2.36. The molecule has 162 valence electrons. The summed E-state index contributed by atoms with van der Waals surface area (Å²) >= 11 is 0. The molecule has 1 amide bonds. The number of ether oxygens (including phenoxy) is 5. The van der Waals surface area contributed by atoms with E-state index in [1.807, 2.05) is 30.9 Å². The standard InChI is InChI=1S/C21H32N2O6/c1-15(2)23-13-21(14-28-11-20(23)24)12-22(6-7-29-21)10-16-8-18(26-4)19(27-5)9-17(16)25-3/h8-9,15H,6-7,10-14H2,1-5H3. The molecule has 1 aromatic rings. The molecule has 3 rings (SSSR count). The van der Waals surface area contributed by atoms with Crippen molar-refractivity contribution in [2.45, 2.75) is 32.0 Å². The highest BCUT2D eigenvalue weighted by molar-refractivity contribution is 5.78. The van der Waals surface area contributed by atoms with Gasteiger partial charge in [-0.15, -0.1) is 0 Å². The van der Waals surface area contributed by atoms with Gasteiger partial charge in [0, 0.05) is 37.3 Å². The van der Waals surface area contributed by atoms with Crippen LogP contribution in [-0.4, -0.2) is 88.1 Å². The van der Waals surface area contributed by atoms with Crippen molar-refractivity contribution in [2.24, 2.45) is 0 Å². The molecule has 0 bridgehead atoms. The smallest absolute Gasteiger partial charge is 0.248 e. The third kappa shape index (κ3) is 4.76. The van der Waals surface area contributed by atoms with E-state index in [0.717, 1.165) is 17.9 Å². The summed E-state index contributed by atoms with van der Waals surface area (Å²) in [6.45, 7) is 7.79. The van der Waals surface area contributed by atoms with E-state index in [9.17, 15) is 4.79 Å². The normalized spacial score (nSPS) is 23.4. The SMILES string of the molecule is COc1cc(OC)c(OC)cc1CN1CCOC2(COCC(=O)N(C(C)C)C2)C1. The average molecular weight is 408 g/mol. The first-order valence-electron chi connectivity index (χ1n) is 9.94. The van der Waals surface area contributed by atoms with Crippen molar-refractivity contribution in [3.63, 3.8) is 0 Å². The molecular weight excluding hydrogens is 376 g/mol. The molecule has 1 spiro atoms. The van der Waals surface area contributed by atoms with Crippen LogP contribution in [0.15, 0.2) is 12.1 Å². The second-order valence-electron chi connectivity index (χ2n) is 7.87. The van der Waals surface area contributed by atoms with Crippen molar-refractivity contribution in [3.8, 4) is 17.2 Å². The number of carbonyl (C=O) groups excluding carboxylic acids is 1. The number of rotatable bonds is 6. The maximum Gasteiger partial charge on any atom is 0.248 e. The van der Waals surface area contributed by atoms with Crippen molar-refractivity contribution < 1.29 is 28.5 Å². The molecule has 0 saturated carbocycles. The molecule has 0 aliphatic carbocycles. The minimum atomic E-state index is -0.529. The molecule has 0 radical (unpaired) electrons. The van der Waals surface area contributed by atoms with Crippen molar-refractivity contribution in [3.05, 3.63) is 17.7 Å². The zero-order valence-electron chi connectivity index (χ0n) is 18.0. The van der Waals surface area contributed by atoms with Crippen molar-refractivity contribution in [1.29, 1.82) is 0 Å². The Morgan fingerprint density at radius 1 is 1.07 bits per heavy atom. The number of hydrogen-bond acceptors (Lipinski definition) is 7. The van der Waals surface area contributed by atoms with Gasteiger partial charge in [0.15, 0.2) is 11.5 Å². The Labute approximate surface area is 172 Å². The summed E-state index contributed by atoms with van der Waals surface area (Å²) in [5.41, 5.74) is 0.479. The molecule has 29 heavy (non-hydrogen) atoms. The van der Waals surface area contributed by atoms with Gasteiger partial charge in [-0.1, -0.05) is 0 Å². The molecule has 2 aliphatic heterocycles. The van der Waals surface area contributed by atoms with E-state index in [2.05, 4.69) is 4.90 Å². The van der Waals surface area contributed by atoms with Crippen molar-refractivity contribution in [2.75, 3.05) is 60.8 Å². The van der Waals surface area contributed by atoms with Gasteiger partial charge in [-0.2, -0.15) is 0 Å². The van der Waals surface area contributed by atoms with Crippen LogP contribution in [0.4, 0.5) is 0 Å². The Kier molecular flexibility index (Phi) is 6.87. The van der Waals surface area contributed by atoms with E-state index in [0.29, 0.717) is 44.3 Å². The molecule has 1 atom stereocenters. The molecule has 1 unspecified atom stereocenters. The van der Waals surface area contributed by atoms with E-state index in [-0.39, 0.29) is 18.6 Å². The number of carbonyl (C=O) groups is 1. The maximum absolute atomic E-state index is 12.4. The Bertz CT molecular complexity index is 725. The van der Waals surface area contributed by atoms with E-state index in [1.54, 1.807) is 21.3 Å². The van der Waals surface area contributed by atoms with E-state index >= 15 is 0 Å². The predicted molar refractivity (Wildman–Crippen MR) is 108 cm³/mol. The summed E-state index contributed by atoms with van der Waals surface area (Å²) in [4.78, 5) is 16.5. The van der Waals surface area contributed by atoms with Crippen LogP contribution >= 0.6 is 0 Å². The van der Waals surface area contributed by atoms with Crippen LogP contribution in [0.1, 0.15) is 19.4 Å². The van der Waals surface area contributed by atoms with Gasteiger partial charge >= 0.3 is 0 Å². The molecule has 0 aromatic heterocycles. The molecular formula is C21H32N2O6. The third-order valence-electron chi connectivity index (χ3n) is 5.50. The van der Waals surface area contributed by atoms with Crippen LogP contribution in [0, 0.1) is 0 Å². The summed E-state index contributed by atoms with van der Waals surface area (Å²) in [6.07, 6.45) is 0. The lowest BCUT2D eigenvalue weighted by Gasteiger charge is -2.44. The van der Waals surface area contributed by atoms with Gasteiger partial charge in [0.25, 0.3) is 0 Å². The topological polar surface area (TPSA) is 69.7 Å². The Hall–Kier alpha value is -2.03. The average Bonchev–Trinajstić information content (AvgIpc) is 2.86. The fraction of sp³-hybridized carbons (Fsp3) is 0.667. The monoisotopic (exact) mass is 408 g/mol. The van der Waals surface area contributed by atoms with Crippen LogP contribution in [-0.2, 0) is 20.8 Å². The van der Waals surface area contributed by atoms with Crippen LogP contribution in [0.3, 0.4) is 0 Å². The number of morpholine rings is 1. The number of benzene rings is 1. The van der Waals surface area contributed by atoms with E-state index in [1.165, 1.54) is 0 Å². The summed E-state index contributed by atoms with van der Waals surface area (Å²) in [5, 5.41) is 0. The van der Waals surface area contributed by atoms with Crippen LogP contribution < -0.4 is 14.2 Å². The second kappa shape index (κ2) is 9.19. The lowest BCUT2D eigenvalue weighted by molar-refractivity contribution is -0.147. The molecule has 2 heterocycles. The second-order valence-corrected chi connectivity index (χ2v) is 7.87. The fourth-order valence-electron chi connectivity index (χ4n) is 4.02.